The quantitative estimate of drug-likeness (QED) is 0.156. The second-order valence-corrected chi connectivity index (χ2v) is 18.9. The van der Waals surface area contributed by atoms with Gasteiger partial charge in [0.1, 0.15) is 11.5 Å². The Bertz CT molecular complexity index is 2310. The minimum absolute atomic E-state index is 0.237. The van der Waals surface area contributed by atoms with Crippen molar-refractivity contribution in [1.82, 2.24) is 0 Å². The maximum Gasteiger partial charge on any atom is 0.157 e. The van der Waals surface area contributed by atoms with E-state index in [1.165, 1.54) is 70.5 Å². The summed E-state index contributed by atoms with van der Waals surface area (Å²) in [6.45, 7) is 7.37. The highest BCUT2D eigenvalue weighted by Crippen LogP contribution is 2.65. The first-order valence-electron chi connectivity index (χ1n) is 17.7. The van der Waals surface area contributed by atoms with Crippen LogP contribution >= 0.6 is 0 Å². The number of allylic oxidation sites excluding steroid dienone is 2. The molecule has 0 aromatic heterocycles. The van der Waals surface area contributed by atoms with E-state index < -0.39 is 8.07 Å². The zero-order chi connectivity index (χ0) is 35.2. The van der Waals surface area contributed by atoms with Crippen LogP contribution in [-0.4, -0.2) is 22.3 Å². The van der Waals surface area contributed by atoms with Crippen molar-refractivity contribution in [3.63, 3.8) is 0 Å². The van der Waals surface area contributed by atoms with Crippen LogP contribution in [0.5, 0.6) is 11.5 Å². The summed E-state index contributed by atoms with van der Waals surface area (Å²) in [6.07, 6.45) is 0. The van der Waals surface area contributed by atoms with Crippen LogP contribution in [0.1, 0.15) is 43.0 Å². The largest absolute Gasteiger partial charge is 0.496 e. The standard InChI is InChI=1S/C48H42O2Si/c1-48(2,3)51(37-25-13-8-14-26-37)46(44-38-27-17-15-19-33(38)29-31-40(44)49-4)42(35-21-9-6-10-22-35)43(36-23-11-7-12-24-36)47(51)45-39-28-18-16-20-34(39)30-32-41(45)50-5/h6-32H,1-5H3. The van der Waals surface area contributed by atoms with Crippen molar-refractivity contribution < 1.29 is 9.47 Å². The van der Waals surface area contributed by atoms with Crippen molar-refractivity contribution in [1.29, 1.82) is 0 Å². The molecule has 0 saturated heterocycles. The molecule has 0 radical (unpaired) electrons. The molecule has 8 rings (SSSR count). The van der Waals surface area contributed by atoms with E-state index >= 15 is 0 Å². The maximum atomic E-state index is 6.43. The third-order valence-corrected chi connectivity index (χ3v) is 16.6. The Morgan fingerprint density at radius 3 is 1.18 bits per heavy atom. The van der Waals surface area contributed by atoms with E-state index in [9.17, 15) is 0 Å². The van der Waals surface area contributed by atoms with E-state index in [0.717, 1.165) is 11.5 Å². The molecule has 0 fully saturated rings. The van der Waals surface area contributed by atoms with E-state index in [2.05, 4.69) is 185 Å². The van der Waals surface area contributed by atoms with Gasteiger partial charge in [-0.25, -0.2) is 0 Å². The van der Waals surface area contributed by atoms with Crippen LogP contribution in [0.4, 0.5) is 0 Å². The predicted octanol–water partition coefficient (Wildman–Crippen LogP) is 11.8. The number of rotatable bonds is 7. The van der Waals surface area contributed by atoms with E-state index in [1.807, 2.05) is 14.2 Å². The highest BCUT2D eigenvalue weighted by atomic mass is 28.3. The van der Waals surface area contributed by atoms with Gasteiger partial charge in [0, 0.05) is 11.1 Å². The molecule has 3 heteroatoms. The SMILES string of the molecule is COc1ccc2ccccc2c1C1=C(c2ccccc2)C(c2ccccc2)=C(c2c(OC)ccc3ccccc23)[Si]1(c1ccccc1)C(C)(C)C. The number of hydrogen-bond acceptors (Lipinski definition) is 2. The molecular formula is C48H42O2Si. The first kappa shape index (κ1) is 32.6. The Balaban J connectivity index is 1.73. The third-order valence-electron chi connectivity index (χ3n) is 10.7. The van der Waals surface area contributed by atoms with Gasteiger partial charge in [0.05, 0.1) is 14.2 Å². The van der Waals surface area contributed by atoms with Gasteiger partial charge in [-0.1, -0.05) is 172 Å². The maximum absolute atomic E-state index is 6.43. The lowest BCUT2D eigenvalue weighted by Gasteiger charge is -2.46. The molecular weight excluding hydrogens is 637 g/mol. The average molecular weight is 679 g/mol. The number of fused-ring (bicyclic) bond motifs is 2. The fourth-order valence-corrected chi connectivity index (χ4v) is 15.1. The summed E-state index contributed by atoms with van der Waals surface area (Å²) < 4.78 is 12.9. The second kappa shape index (κ2) is 12.9. The van der Waals surface area contributed by atoms with Crippen molar-refractivity contribution in [3.05, 3.63) is 186 Å². The Morgan fingerprint density at radius 1 is 0.412 bits per heavy atom. The summed E-state index contributed by atoms with van der Waals surface area (Å²) in [5.41, 5.74) is 7.23. The monoisotopic (exact) mass is 678 g/mol. The molecule has 1 heterocycles. The molecule has 0 bridgehead atoms. The topological polar surface area (TPSA) is 18.5 Å². The molecule has 0 spiro atoms. The zero-order valence-corrected chi connectivity index (χ0v) is 30.9. The first-order chi connectivity index (χ1) is 24.9. The van der Waals surface area contributed by atoms with Gasteiger partial charge in [-0.3, -0.25) is 0 Å². The first-order valence-corrected chi connectivity index (χ1v) is 19.7. The van der Waals surface area contributed by atoms with Gasteiger partial charge >= 0.3 is 0 Å². The van der Waals surface area contributed by atoms with Gasteiger partial charge in [0.25, 0.3) is 0 Å². The zero-order valence-electron chi connectivity index (χ0n) is 29.9. The Labute approximate surface area is 302 Å². The average Bonchev–Trinajstić information content (AvgIpc) is 3.50. The van der Waals surface area contributed by atoms with E-state index in [0.29, 0.717) is 0 Å². The molecule has 7 aromatic carbocycles. The van der Waals surface area contributed by atoms with Crippen molar-refractivity contribution in [2.75, 3.05) is 14.2 Å². The fraction of sp³-hybridized carbons (Fsp3) is 0.125. The van der Waals surface area contributed by atoms with Crippen LogP contribution < -0.4 is 14.7 Å². The van der Waals surface area contributed by atoms with Crippen LogP contribution in [0.3, 0.4) is 0 Å². The van der Waals surface area contributed by atoms with Crippen molar-refractivity contribution in [2.24, 2.45) is 0 Å². The van der Waals surface area contributed by atoms with Gasteiger partial charge < -0.3 is 9.47 Å². The molecule has 0 N–H and O–H groups in total. The second-order valence-electron chi connectivity index (χ2n) is 14.3. The molecule has 2 nitrogen and oxygen atoms in total. The molecule has 250 valence electrons. The summed E-state index contributed by atoms with van der Waals surface area (Å²) >= 11 is 0. The van der Waals surface area contributed by atoms with Crippen LogP contribution in [0, 0.1) is 0 Å². The molecule has 0 amide bonds. The highest BCUT2D eigenvalue weighted by molar-refractivity contribution is 7.24. The summed E-state index contributed by atoms with van der Waals surface area (Å²) in [5.74, 6) is 1.76. The highest BCUT2D eigenvalue weighted by Gasteiger charge is 2.59. The Morgan fingerprint density at radius 2 is 0.784 bits per heavy atom. The molecule has 7 aromatic rings. The van der Waals surface area contributed by atoms with E-state index in [-0.39, 0.29) is 5.04 Å². The number of ether oxygens (including phenoxy) is 2. The predicted molar refractivity (Wildman–Crippen MR) is 219 cm³/mol. The molecule has 51 heavy (non-hydrogen) atoms. The number of benzene rings is 7. The van der Waals surface area contributed by atoms with Crippen LogP contribution in [-0.2, 0) is 0 Å². The van der Waals surface area contributed by atoms with Gasteiger partial charge in [0.2, 0.25) is 0 Å². The van der Waals surface area contributed by atoms with Crippen LogP contribution in [0.15, 0.2) is 164 Å². The Kier molecular flexibility index (Phi) is 8.24. The van der Waals surface area contributed by atoms with Crippen molar-refractivity contribution in [3.8, 4) is 11.5 Å². The van der Waals surface area contributed by atoms with Crippen molar-refractivity contribution >= 4 is 56.3 Å². The normalized spacial score (nSPS) is 14.4. The minimum Gasteiger partial charge on any atom is -0.496 e. The van der Waals surface area contributed by atoms with Gasteiger partial charge in [-0.15, -0.1) is 0 Å². The van der Waals surface area contributed by atoms with Gasteiger partial charge in [-0.05, 0) is 76.6 Å². The van der Waals surface area contributed by atoms with Crippen LogP contribution in [0.2, 0.25) is 5.04 Å². The molecule has 0 atom stereocenters. The van der Waals surface area contributed by atoms with E-state index in [1.54, 1.807) is 0 Å². The number of methoxy groups -OCH3 is 2. The number of hydrogen-bond donors (Lipinski definition) is 0. The minimum atomic E-state index is -3.17. The lowest BCUT2D eigenvalue weighted by molar-refractivity contribution is 0.414. The molecule has 1 aliphatic heterocycles. The lowest BCUT2D eigenvalue weighted by Crippen LogP contribution is -2.56. The summed E-state index contributed by atoms with van der Waals surface area (Å²) in [4.78, 5) is 0. The van der Waals surface area contributed by atoms with Crippen molar-refractivity contribution in [2.45, 2.75) is 25.8 Å². The third kappa shape index (κ3) is 5.06. The smallest absolute Gasteiger partial charge is 0.157 e. The lowest BCUT2D eigenvalue weighted by atomic mass is 9.87. The molecule has 0 saturated carbocycles. The van der Waals surface area contributed by atoms with Gasteiger partial charge in [-0.2, -0.15) is 0 Å². The summed E-state index contributed by atoms with van der Waals surface area (Å²) in [7, 11) is 0.455. The van der Waals surface area contributed by atoms with Crippen LogP contribution in [0.25, 0.3) is 43.1 Å². The van der Waals surface area contributed by atoms with Gasteiger partial charge in [0.15, 0.2) is 8.07 Å². The summed E-state index contributed by atoms with van der Waals surface area (Å²) in [6, 6.07) is 59.7. The molecule has 0 aliphatic carbocycles. The fourth-order valence-electron chi connectivity index (χ4n) is 8.68. The molecule has 0 unspecified atom stereocenters. The Hall–Kier alpha value is -5.64. The molecule has 1 aliphatic rings. The summed E-state index contributed by atoms with van der Waals surface area (Å²) in [5, 5.41) is 8.61. The van der Waals surface area contributed by atoms with E-state index in [4.69, 9.17) is 9.47 Å².